The van der Waals surface area contributed by atoms with Crippen molar-refractivity contribution in [2.45, 2.75) is 12.7 Å². The predicted molar refractivity (Wildman–Crippen MR) is 53.3 cm³/mol. The van der Waals surface area contributed by atoms with E-state index < -0.39 is 11.8 Å². The van der Waals surface area contributed by atoms with E-state index in [1.807, 2.05) is 0 Å². The van der Waals surface area contributed by atoms with Crippen molar-refractivity contribution in [2.24, 2.45) is 11.5 Å². The summed E-state index contributed by atoms with van der Waals surface area (Å²) in [6, 6.07) is 0. The summed E-state index contributed by atoms with van der Waals surface area (Å²) < 4.78 is 0. The fraction of sp³-hybridized carbons (Fsp3) is 0.571. The molecule has 0 saturated heterocycles. The van der Waals surface area contributed by atoms with Crippen molar-refractivity contribution in [3.05, 3.63) is 12.7 Å². The van der Waals surface area contributed by atoms with Gasteiger partial charge in [0.15, 0.2) is 0 Å². The van der Waals surface area contributed by atoms with Gasteiger partial charge in [-0.2, -0.15) is 0 Å². The number of carboxylic acid groups (broad SMARTS) is 1. The normalized spacial score (nSPS) is 10.8. The quantitative estimate of drug-likeness (QED) is 0.283. The maximum absolute atomic E-state index is 10.3. The summed E-state index contributed by atoms with van der Waals surface area (Å²) in [5, 5.41) is 8.49. The number of hydrogen-bond donors (Lipinski definition) is 3. The van der Waals surface area contributed by atoms with Crippen LogP contribution in [-0.2, 0) is 4.79 Å². The third kappa shape index (κ3) is 7.18. The van der Waals surface area contributed by atoms with Crippen LogP contribution in [0.15, 0.2) is 12.7 Å². The summed E-state index contributed by atoms with van der Waals surface area (Å²) >= 11 is 0. The molecular formula is C7H16N3NaO2. The van der Waals surface area contributed by atoms with Crippen LogP contribution in [0, 0.1) is 0 Å². The number of carbonyl (C=O) groups is 1. The number of hydrogen-bond acceptors (Lipinski definition) is 4. The van der Waals surface area contributed by atoms with E-state index in [0.717, 1.165) is 0 Å². The fourth-order valence-electron chi connectivity index (χ4n) is 0.751. The van der Waals surface area contributed by atoms with Crippen LogP contribution >= 0.6 is 0 Å². The Morgan fingerprint density at radius 2 is 2.15 bits per heavy atom. The van der Waals surface area contributed by atoms with Crippen molar-refractivity contribution in [1.82, 2.24) is 4.90 Å². The molecule has 0 aliphatic rings. The van der Waals surface area contributed by atoms with Crippen LogP contribution in [0.2, 0.25) is 0 Å². The van der Waals surface area contributed by atoms with E-state index >= 15 is 0 Å². The number of carboxylic acids is 1. The van der Waals surface area contributed by atoms with E-state index in [0.29, 0.717) is 6.54 Å². The molecule has 72 valence electrons. The molecule has 6 heteroatoms. The monoisotopic (exact) mass is 197 g/mol. The van der Waals surface area contributed by atoms with Crippen molar-refractivity contribution in [1.29, 1.82) is 0 Å². The molecule has 0 radical (unpaired) electrons. The number of aliphatic carboxylic acids is 1. The Kier molecular flexibility index (Phi) is 7.81. The SMILES string of the molecule is C=CCN(CC(=O)O)C(C)(N)N.[NaH]. The molecule has 0 rings (SSSR count). The molecule has 5 N–H and O–H groups in total. The molecule has 13 heavy (non-hydrogen) atoms. The predicted octanol–water partition coefficient (Wildman–Crippen LogP) is -1.50. The van der Waals surface area contributed by atoms with Crippen LogP contribution < -0.4 is 11.5 Å². The molecule has 0 aromatic rings. The number of nitrogens with two attached hydrogens (primary N) is 2. The van der Waals surface area contributed by atoms with Crippen LogP contribution in [-0.4, -0.2) is 64.4 Å². The van der Waals surface area contributed by atoms with Gasteiger partial charge in [0, 0.05) is 6.54 Å². The Balaban J connectivity index is 0. The zero-order chi connectivity index (χ0) is 9.78. The molecule has 0 bridgehead atoms. The van der Waals surface area contributed by atoms with Gasteiger partial charge in [0.05, 0.1) is 6.54 Å². The first kappa shape index (κ1) is 15.6. The van der Waals surface area contributed by atoms with Crippen LogP contribution in [0.3, 0.4) is 0 Å². The van der Waals surface area contributed by atoms with Crippen LogP contribution in [0.25, 0.3) is 0 Å². The van der Waals surface area contributed by atoms with E-state index in [9.17, 15) is 4.79 Å². The molecule has 0 saturated carbocycles. The van der Waals surface area contributed by atoms with Crippen LogP contribution in [0.5, 0.6) is 0 Å². The second kappa shape index (κ2) is 6.53. The van der Waals surface area contributed by atoms with E-state index in [4.69, 9.17) is 16.6 Å². The third-order valence-corrected chi connectivity index (χ3v) is 1.36. The molecule has 5 nitrogen and oxygen atoms in total. The van der Waals surface area contributed by atoms with E-state index in [2.05, 4.69) is 6.58 Å². The minimum absolute atomic E-state index is 0. The van der Waals surface area contributed by atoms with E-state index in [1.165, 1.54) is 4.90 Å². The zero-order valence-electron chi connectivity index (χ0n) is 7.16. The Labute approximate surface area is 100 Å². The summed E-state index contributed by atoms with van der Waals surface area (Å²) in [7, 11) is 0. The van der Waals surface area contributed by atoms with Crippen molar-refractivity contribution in [3.63, 3.8) is 0 Å². The molecule has 0 aliphatic carbocycles. The van der Waals surface area contributed by atoms with Gasteiger partial charge in [-0.25, -0.2) is 0 Å². The van der Waals surface area contributed by atoms with Gasteiger partial charge in [0.1, 0.15) is 5.79 Å². The molecule has 0 unspecified atom stereocenters. The Hall–Kier alpha value is 0.0900. The standard InChI is InChI=1S/C7H15N3O2.Na.H/c1-3-4-10(5-6(11)12)7(2,8)9;;/h3H,1,4-5,8-9H2,2H3,(H,11,12);;. The fourth-order valence-corrected chi connectivity index (χ4v) is 0.751. The van der Waals surface area contributed by atoms with E-state index in [1.54, 1.807) is 13.0 Å². The van der Waals surface area contributed by atoms with Gasteiger partial charge in [-0.1, -0.05) is 6.08 Å². The van der Waals surface area contributed by atoms with Gasteiger partial charge < -0.3 is 16.6 Å². The molecule has 0 fully saturated rings. The average Bonchev–Trinajstić information content (AvgIpc) is 1.83. The van der Waals surface area contributed by atoms with Gasteiger partial charge in [-0.05, 0) is 6.92 Å². The molecule has 0 amide bonds. The van der Waals surface area contributed by atoms with Crippen LogP contribution in [0.1, 0.15) is 6.92 Å². The topological polar surface area (TPSA) is 92.6 Å². The Bertz CT molecular complexity index is 179. The molecule has 0 aromatic heterocycles. The number of nitrogens with zero attached hydrogens (tertiary/aromatic N) is 1. The molecule has 0 spiro atoms. The molecule has 0 heterocycles. The van der Waals surface area contributed by atoms with Crippen molar-refractivity contribution >= 4 is 35.5 Å². The third-order valence-electron chi connectivity index (χ3n) is 1.36. The number of rotatable bonds is 5. The maximum atomic E-state index is 10.3. The summed E-state index contributed by atoms with van der Waals surface area (Å²) in [6.45, 7) is 5.19. The van der Waals surface area contributed by atoms with Gasteiger partial charge in [-0.3, -0.25) is 9.69 Å². The van der Waals surface area contributed by atoms with Gasteiger partial charge in [0.25, 0.3) is 0 Å². The minimum atomic E-state index is -1.12. The second-order valence-electron chi connectivity index (χ2n) is 2.79. The molecule has 0 aromatic carbocycles. The Morgan fingerprint density at radius 3 is 2.38 bits per heavy atom. The van der Waals surface area contributed by atoms with Gasteiger partial charge in [0.2, 0.25) is 0 Å². The van der Waals surface area contributed by atoms with Gasteiger partial charge in [-0.15, -0.1) is 6.58 Å². The van der Waals surface area contributed by atoms with Crippen molar-refractivity contribution < 1.29 is 9.90 Å². The van der Waals surface area contributed by atoms with Crippen molar-refractivity contribution in [3.8, 4) is 0 Å². The van der Waals surface area contributed by atoms with Gasteiger partial charge >= 0.3 is 35.5 Å². The average molecular weight is 197 g/mol. The zero-order valence-corrected chi connectivity index (χ0v) is 7.16. The first-order chi connectivity index (χ1) is 5.38. The summed E-state index contributed by atoms with van der Waals surface area (Å²) in [6.07, 6.45) is 1.56. The summed E-state index contributed by atoms with van der Waals surface area (Å²) in [4.78, 5) is 11.7. The molecular weight excluding hydrogens is 181 g/mol. The van der Waals surface area contributed by atoms with Crippen LogP contribution in [0.4, 0.5) is 0 Å². The molecule has 0 aliphatic heterocycles. The first-order valence-corrected chi connectivity index (χ1v) is 3.53. The van der Waals surface area contributed by atoms with E-state index in [-0.39, 0.29) is 36.1 Å². The first-order valence-electron chi connectivity index (χ1n) is 3.53. The second-order valence-corrected chi connectivity index (χ2v) is 2.79. The summed E-state index contributed by atoms with van der Waals surface area (Å²) in [5.74, 6) is -2.08. The van der Waals surface area contributed by atoms with Crippen molar-refractivity contribution in [2.75, 3.05) is 13.1 Å². The Morgan fingerprint density at radius 1 is 1.69 bits per heavy atom. The summed E-state index contributed by atoms with van der Waals surface area (Å²) in [5.41, 5.74) is 11.0. The molecule has 0 atom stereocenters.